The van der Waals surface area contributed by atoms with E-state index in [4.69, 9.17) is 17.3 Å². The van der Waals surface area contributed by atoms with E-state index in [9.17, 15) is 4.79 Å². The molecular weight excluding hydrogens is 262 g/mol. The van der Waals surface area contributed by atoms with Crippen molar-refractivity contribution < 1.29 is 4.79 Å². The molecule has 2 rings (SSSR count). The molecule has 2 aromatic rings. The van der Waals surface area contributed by atoms with E-state index in [0.717, 1.165) is 22.4 Å². The topological polar surface area (TPSA) is 60.9 Å². The van der Waals surface area contributed by atoms with Gasteiger partial charge in [0.25, 0.3) is 0 Å². The Hall–Kier alpha value is -1.55. The van der Waals surface area contributed by atoms with Gasteiger partial charge in [-0.3, -0.25) is 4.79 Å². The molecule has 5 heteroatoms. The first kappa shape index (κ1) is 13.9. The first-order chi connectivity index (χ1) is 9.04. The number of benzene rings is 1. The van der Waals surface area contributed by atoms with Crippen molar-refractivity contribution >= 4 is 28.5 Å². The summed E-state index contributed by atoms with van der Waals surface area (Å²) in [7, 11) is 0. The van der Waals surface area contributed by atoms with Crippen molar-refractivity contribution in [3.63, 3.8) is 0 Å². The summed E-state index contributed by atoms with van der Waals surface area (Å²) >= 11 is 5.84. The number of halogens is 1. The third-order valence-electron chi connectivity index (χ3n) is 3.25. The Kier molecular flexibility index (Phi) is 4.10. The number of carbonyl (C=O) groups is 1. The molecule has 19 heavy (non-hydrogen) atoms. The molecule has 2 N–H and O–H groups in total. The highest BCUT2D eigenvalue weighted by molar-refractivity contribution is 6.17. The van der Waals surface area contributed by atoms with E-state index in [-0.39, 0.29) is 11.9 Å². The quantitative estimate of drug-likeness (QED) is 0.855. The Balaban J connectivity index is 2.58. The Labute approximate surface area is 117 Å². The number of hydrogen-bond donors (Lipinski definition) is 1. The van der Waals surface area contributed by atoms with Crippen LogP contribution in [0.1, 0.15) is 30.8 Å². The molecule has 102 valence electrons. The predicted octanol–water partition coefficient (Wildman–Crippen LogP) is 2.56. The maximum Gasteiger partial charge on any atom is 0.219 e. The van der Waals surface area contributed by atoms with E-state index >= 15 is 0 Å². The third-order valence-corrected chi connectivity index (χ3v) is 3.44. The SMILES string of the molecule is Cc1cccc2c1nc(CCCl)n2C(C)CC(N)=O. The van der Waals surface area contributed by atoms with Gasteiger partial charge in [-0.1, -0.05) is 12.1 Å². The average molecular weight is 280 g/mol. The number of amides is 1. The maximum atomic E-state index is 11.1. The average Bonchev–Trinajstić information content (AvgIpc) is 2.68. The zero-order valence-corrected chi connectivity index (χ0v) is 11.9. The number of fused-ring (bicyclic) bond motifs is 1. The molecule has 0 aliphatic rings. The molecule has 1 aromatic carbocycles. The zero-order chi connectivity index (χ0) is 14.0. The van der Waals surface area contributed by atoms with Crippen LogP contribution in [0.5, 0.6) is 0 Å². The summed E-state index contributed by atoms with van der Waals surface area (Å²) in [5, 5.41) is 0. The number of aryl methyl sites for hydroxylation is 2. The number of aromatic nitrogens is 2. The molecule has 0 aliphatic carbocycles. The second-order valence-electron chi connectivity index (χ2n) is 4.80. The number of hydrogen-bond acceptors (Lipinski definition) is 2. The Morgan fingerprint density at radius 2 is 2.26 bits per heavy atom. The van der Waals surface area contributed by atoms with Crippen LogP contribution in [0.4, 0.5) is 0 Å². The van der Waals surface area contributed by atoms with Crippen molar-refractivity contribution in [3.05, 3.63) is 29.6 Å². The van der Waals surface area contributed by atoms with Crippen molar-refractivity contribution in [2.45, 2.75) is 32.7 Å². The lowest BCUT2D eigenvalue weighted by Gasteiger charge is -2.16. The summed E-state index contributed by atoms with van der Waals surface area (Å²) in [5.41, 5.74) is 8.43. The van der Waals surface area contributed by atoms with Crippen molar-refractivity contribution in [2.75, 3.05) is 5.88 Å². The van der Waals surface area contributed by atoms with Crippen LogP contribution in [0, 0.1) is 6.92 Å². The number of para-hydroxylation sites is 1. The summed E-state index contributed by atoms with van der Waals surface area (Å²) in [5.74, 6) is 1.11. The smallest absolute Gasteiger partial charge is 0.219 e. The number of imidazole rings is 1. The molecule has 1 atom stereocenters. The van der Waals surface area contributed by atoms with Gasteiger partial charge in [-0.05, 0) is 25.5 Å². The first-order valence-electron chi connectivity index (χ1n) is 6.35. The summed E-state index contributed by atoms with van der Waals surface area (Å²) in [6.45, 7) is 4.01. The normalized spacial score (nSPS) is 12.8. The van der Waals surface area contributed by atoms with E-state index in [1.54, 1.807) is 0 Å². The Morgan fingerprint density at radius 1 is 1.53 bits per heavy atom. The lowest BCUT2D eigenvalue weighted by Crippen LogP contribution is -2.19. The zero-order valence-electron chi connectivity index (χ0n) is 11.2. The van der Waals surface area contributed by atoms with Crippen LogP contribution >= 0.6 is 11.6 Å². The maximum absolute atomic E-state index is 11.1. The molecule has 0 saturated heterocycles. The molecule has 1 unspecified atom stereocenters. The number of nitrogens with zero attached hydrogens (tertiary/aromatic N) is 2. The fourth-order valence-corrected chi connectivity index (χ4v) is 2.61. The predicted molar refractivity (Wildman–Crippen MR) is 77.4 cm³/mol. The largest absolute Gasteiger partial charge is 0.370 e. The van der Waals surface area contributed by atoms with Gasteiger partial charge < -0.3 is 10.3 Å². The van der Waals surface area contributed by atoms with Crippen LogP contribution in [-0.2, 0) is 11.2 Å². The summed E-state index contributed by atoms with van der Waals surface area (Å²) < 4.78 is 2.08. The van der Waals surface area contributed by atoms with Gasteiger partial charge >= 0.3 is 0 Å². The summed E-state index contributed by atoms with van der Waals surface area (Å²) in [6, 6.07) is 6.03. The number of alkyl halides is 1. The van der Waals surface area contributed by atoms with Crippen LogP contribution in [-0.4, -0.2) is 21.3 Å². The second-order valence-corrected chi connectivity index (χ2v) is 5.18. The minimum Gasteiger partial charge on any atom is -0.370 e. The highest BCUT2D eigenvalue weighted by Gasteiger charge is 2.17. The number of rotatable bonds is 5. The Bertz CT molecular complexity index is 606. The van der Waals surface area contributed by atoms with E-state index in [2.05, 4.69) is 9.55 Å². The monoisotopic (exact) mass is 279 g/mol. The van der Waals surface area contributed by atoms with Gasteiger partial charge in [0.05, 0.1) is 11.0 Å². The van der Waals surface area contributed by atoms with Crippen LogP contribution in [0.3, 0.4) is 0 Å². The van der Waals surface area contributed by atoms with Gasteiger partial charge in [0.2, 0.25) is 5.91 Å². The number of carbonyl (C=O) groups excluding carboxylic acids is 1. The molecule has 0 radical (unpaired) electrons. The number of primary amides is 1. The van der Waals surface area contributed by atoms with E-state index in [1.807, 2.05) is 32.0 Å². The van der Waals surface area contributed by atoms with Gasteiger partial charge in [-0.2, -0.15) is 0 Å². The minimum atomic E-state index is -0.307. The lowest BCUT2D eigenvalue weighted by atomic mass is 10.2. The fourth-order valence-electron chi connectivity index (χ4n) is 2.44. The highest BCUT2D eigenvalue weighted by Crippen LogP contribution is 2.25. The third kappa shape index (κ3) is 2.73. The van der Waals surface area contributed by atoms with Crippen molar-refractivity contribution in [2.24, 2.45) is 5.73 Å². The molecule has 1 aromatic heterocycles. The molecule has 0 bridgehead atoms. The molecule has 0 aliphatic heterocycles. The molecule has 0 saturated carbocycles. The standard InChI is InChI=1S/C14H18ClN3O/c1-9-4-3-5-11-14(9)17-13(6-7-15)18(11)10(2)8-12(16)19/h3-5,10H,6-8H2,1-2H3,(H2,16,19). The molecular formula is C14H18ClN3O. The van der Waals surface area contributed by atoms with Gasteiger partial charge in [0, 0.05) is 24.8 Å². The van der Waals surface area contributed by atoms with E-state index in [1.165, 1.54) is 0 Å². The molecule has 0 spiro atoms. The van der Waals surface area contributed by atoms with Gasteiger partial charge in [0.1, 0.15) is 5.82 Å². The minimum absolute atomic E-state index is 0.0116. The summed E-state index contributed by atoms with van der Waals surface area (Å²) in [6.07, 6.45) is 0.980. The van der Waals surface area contributed by atoms with Crippen LogP contribution in [0.15, 0.2) is 18.2 Å². The van der Waals surface area contributed by atoms with Gasteiger partial charge in [-0.25, -0.2) is 4.98 Å². The van der Waals surface area contributed by atoms with Gasteiger partial charge in [-0.15, -0.1) is 11.6 Å². The number of nitrogens with two attached hydrogens (primary N) is 1. The second kappa shape index (κ2) is 5.61. The van der Waals surface area contributed by atoms with E-state index in [0.29, 0.717) is 18.7 Å². The van der Waals surface area contributed by atoms with Crippen molar-refractivity contribution in [3.8, 4) is 0 Å². The van der Waals surface area contributed by atoms with Gasteiger partial charge in [0.15, 0.2) is 0 Å². The van der Waals surface area contributed by atoms with Crippen molar-refractivity contribution in [1.82, 2.24) is 9.55 Å². The van der Waals surface area contributed by atoms with Crippen LogP contribution in [0.2, 0.25) is 0 Å². The lowest BCUT2D eigenvalue weighted by molar-refractivity contribution is -0.118. The molecule has 1 heterocycles. The fraction of sp³-hybridized carbons (Fsp3) is 0.429. The molecule has 0 fully saturated rings. The van der Waals surface area contributed by atoms with Crippen LogP contribution in [0.25, 0.3) is 11.0 Å². The highest BCUT2D eigenvalue weighted by atomic mass is 35.5. The Morgan fingerprint density at radius 3 is 2.89 bits per heavy atom. The molecule has 4 nitrogen and oxygen atoms in total. The first-order valence-corrected chi connectivity index (χ1v) is 6.88. The van der Waals surface area contributed by atoms with Crippen molar-refractivity contribution in [1.29, 1.82) is 0 Å². The van der Waals surface area contributed by atoms with E-state index < -0.39 is 0 Å². The van der Waals surface area contributed by atoms with Crippen LogP contribution < -0.4 is 5.73 Å². The molecule has 1 amide bonds. The summed E-state index contributed by atoms with van der Waals surface area (Å²) in [4.78, 5) is 15.8.